The van der Waals surface area contributed by atoms with Crippen LogP contribution >= 0.6 is 0 Å². The maximum absolute atomic E-state index is 11.1. The predicted octanol–water partition coefficient (Wildman–Crippen LogP) is 4.88. The number of rotatable bonds is 8. The first-order chi connectivity index (χ1) is 10.0. The molecule has 1 aromatic carbocycles. The molecule has 1 aromatic rings. The molecule has 2 N–H and O–H groups in total. The van der Waals surface area contributed by atoms with Crippen molar-refractivity contribution in [2.45, 2.75) is 40.0 Å². The fourth-order valence-corrected chi connectivity index (χ4v) is 2.13. The largest absolute Gasteiger partial charge is 0.478 e. The van der Waals surface area contributed by atoms with Crippen molar-refractivity contribution in [1.29, 1.82) is 0 Å². The number of carboxylic acid groups (broad SMARTS) is 1. The van der Waals surface area contributed by atoms with Gasteiger partial charge < -0.3 is 10.4 Å². The van der Waals surface area contributed by atoms with Gasteiger partial charge in [0.1, 0.15) is 0 Å². The zero-order chi connectivity index (χ0) is 15.7. The van der Waals surface area contributed by atoms with Crippen molar-refractivity contribution in [2.75, 3.05) is 11.9 Å². The third-order valence-electron chi connectivity index (χ3n) is 3.30. The predicted molar refractivity (Wildman–Crippen MR) is 88.9 cm³/mol. The van der Waals surface area contributed by atoms with E-state index in [-0.39, 0.29) is 0 Å². The molecule has 0 atom stereocenters. The molecule has 1 rings (SSSR count). The van der Waals surface area contributed by atoms with Crippen molar-refractivity contribution in [3.8, 4) is 0 Å². The minimum Gasteiger partial charge on any atom is -0.478 e. The van der Waals surface area contributed by atoms with Crippen LogP contribution in [0.3, 0.4) is 0 Å². The van der Waals surface area contributed by atoms with Crippen LogP contribution in [0.25, 0.3) is 0 Å². The van der Waals surface area contributed by atoms with E-state index in [0.717, 1.165) is 19.3 Å². The summed E-state index contributed by atoms with van der Waals surface area (Å²) in [5.74, 6) is -0.903. The van der Waals surface area contributed by atoms with Crippen LogP contribution in [0, 0.1) is 0 Å². The Bertz CT molecular complexity index is 530. The van der Waals surface area contributed by atoms with Crippen molar-refractivity contribution in [3.05, 3.63) is 53.1 Å². The molecule has 3 nitrogen and oxygen atoms in total. The quantitative estimate of drug-likeness (QED) is 0.670. The summed E-state index contributed by atoms with van der Waals surface area (Å²) < 4.78 is 0. The van der Waals surface area contributed by atoms with E-state index < -0.39 is 5.97 Å². The first-order valence-corrected chi connectivity index (χ1v) is 7.42. The minimum absolute atomic E-state index is 0.312. The highest BCUT2D eigenvalue weighted by Gasteiger charge is 2.07. The molecule has 0 saturated carbocycles. The molecule has 0 radical (unpaired) electrons. The average Bonchev–Trinajstić information content (AvgIpc) is 2.45. The number of carboxylic acids is 1. The van der Waals surface area contributed by atoms with Gasteiger partial charge in [-0.2, -0.15) is 0 Å². The number of allylic oxidation sites excluding steroid dienone is 3. The normalized spacial score (nSPS) is 12.3. The average molecular weight is 287 g/mol. The van der Waals surface area contributed by atoms with Crippen LogP contribution in [0.4, 0.5) is 5.69 Å². The highest BCUT2D eigenvalue weighted by molar-refractivity contribution is 5.94. The molecule has 0 aliphatic rings. The van der Waals surface area contributed by atoms with Crippen LogP contribution in [0.5, 0.6) is 0 Å². The van der Waals surface area contributed by atoms with Gasteiger partial charge in [0.15, 0.2) is 0 Å². The van der Waals surface area contributed by atoms with Gasteiger partial charge in [-0.1, -0.05) is 42.4 Å². The van der Waals surface area contributed by atoms with E-state index in [4.69, 9.17) is 5.11 Å². The topological polar surface area (TPSA) is 49.3 Å². The molecule has 3 heteroatoms. The van der Waals surface area contributed by atoms with Crippen molar-refractivity contribution in [2.24, 2.45) is 0 Å². The SMILES string of the molecule is CC/C=C(\C)CC/C=C(\C)CNc1ccccc1C(=O)O. The standard InChI is InChI=1S/C18H25NO2/c1-4-8-14(2)9-7-10-15(3)13-19-17-12-6-5-11-16(17)18(20)21/h5-6,8,10-12,19H,4,7,9,13H2,1-3H3,(H,20,21)/b14-8+,15-10+. The number of para-hydroxylation sites is 1. The van der Waals surface area contributed by atoms with E-state index in [9.17, 15) is 4.79 Å². The Balaban J connectivity index is 2.51. The Morgan fingerprint density at radius 3 is 2.57 bits per heavy atom. The highest BCUT2D eigenvalue weighted by atomic mass is 16.4. The Morgan fingerprint density at radius 1 is 1.19 bits per heavy atom. The van der Waals surface area contributed by atoms with Crippen LogP contribution in [0.2, 0.25) is 0 Å². The molecule has 0 aliphatic carbocycles. The molecular formula is C18H25NO2. The van der Waals surface area contributed by atoms with Crippen molar-refractivity contribution in [3.63, 3.8) is 0 Å². The zero-order valence-electron chi connectivity index (χ0n) is 13.1. The molecule has 114 valence electrons. The first kappa shape index (κ1) is 17.0. The fourth-order valence-electron chi connectivity index (χ4n) is 2.13. The minimum atomic E-state index is -0.903. The highest BCUT2D eigenvalue weighted by Crippen LogP contribution is 2.15. The summed E-state index contributed by atoms with van der Waals surface area (Å²) in [4.78, 5) is 11.1. The number of hydrogen-bond donors (Lipinski definition) is 2. The van der Waals surface area contributed by atoms with Crippen molar-refractivity contribution >= 4 is 11.7 Å². The van der Waals surface area contributed by atoms with Gasteiger partial charge in [0.05, 0.1) is 5.56 Å². The summed E-state index contributed by atoms with van der Waals surface area (Å²) in [7, 11) is 0. The summed E-state index contributed by atoms with van der Waals surface area (Å²) in [6.45, 7) is 7.04. The maximum Gasteiger partial charge on any atom is 0.337 e. The molecular weight excluding hydrogens is 262 g/mol. The van der Waals surface area contributed by atoms with E-state index in [1.54, 1.807) is 18.2 Å². The number of carbonyl (C=O) groups is 1. The van der Waals surface area contributed by atoms with E-state index >= 15 is 0 Å². The fraction of sp³-hybridized carbons (Fsp3) is 0.389. The number of anilines is 1. The Hall–Kier alpha value is -2.03. The lowest BCUT2D eigenvalue weighted by Crippen LogP contribution is -2.08. The van der Waals surface area contributed by atoms with Crippen LogP contribution in [-0.4, -0.2) is 17.6 Å². The number of nitrogens with one attached hydrogen (secondary N) is 1. The van der Waals surface area contributed by atoms with E-state index in [2.05, 4.69) is 38.2 Å². The summed E-state index contributed by atoms with van der Waals surface area (Å²) >= 11 is 0. The molecule has 0 fully saturated rings. The van der Waals surface area contributed by atoms with Gasteiger partial charge in [-0.25, -0.2) is 4.79 Å². The molecule has 0 aliphatic heterocycles. The third kappa shape index (κ3) is 6.30. The molecule has 0 aromatic heterocycles. The van der Waals surface area contributed by atoms with E-state index in [0.29, 0.717) is 17.8 Å². The molecule has 21 heavy (non-hydrogen) atoms. The van der Waals surface area contributed by atoms with Crippen LogP contribution in [0.1, 0.15) is 50.4 Å². The van der Waals surface area contributed by atoms with Crippen LogP contribution in [-0.2, 0) is 0 Å². The second kappa shape index (κ2) is 9.01. The summed E-state index contributed by atoms with van der Waals surface area (Å²) in [5, 5.41) is 12.3. The van der Waals surface area contributed by atoms with Gasteiger partial charge >= 0.3 is 5.97 Å². The first-order valence-electron chi connectivity index (χ1n) is 7.42. The number of benzene rings is 1. The van der Waals surface area contributed by atoms with E-state index in [1.165, 1.54) is 11.1 Å². The summed E-state index contributed by atoms with van der Waals surface area (Å²) in [5.41, 5.74) is 3.62. The van der Waals surface area contributed by atoms with Gasteiger partial charge in [-0.3, -0.25) is 0 Å². The Labute approximate surface area is 127 Å². The van der Waals surface area contributed by atoms with Crippen LogP contribution in [0.15, 0.2) is 47.6 Å². The zero-order valence-corrected chi connectivity index (χ0v) is 13.1. The Kier molecular flexibility index (Phi) is 7.30. The molecule has 0 unspecified atom stereocenters. The molecule has 0 spiro atoms. The summed E-state index contributed by atoms with van der Waals surface area (Å²) in [6, 6.07) is 6.99. The van der Waals surface area contributed by atoms with E-state index in [1.807, 2.05) is 6.07 Å². The van der Waals surface area contributed by atoms with Crippen molar-refractivity contribution in [1.82, 2.24) is 0 Å². The molecule has 0 bridgehead atoms. The molecule has 0 saturated heterocycles. The van der Waals surface area contributed by atoms with Gasteiger partial charge in [0.25, 0.3) is 0 Å². The second-order valence-electron chi connectivity index (χ2n) is 5.25. The Morgan fingerprint density at radius 2 is 1.90 bits per heavy atom. The lowest BCUT2D eigenvalue weighted by Gasteiger charge is -2.09. The molecule has 0 amide bonds. The molecule has 0 heterocycles. The van der Waals surface area contributed by atoms with Gasteiger partial charge in [-0.15, -0.1) is 0 Å². The van der Waals surface area contributed by atoms with Gasteiger partial charge in [-0.05, 0) is 45.2 Å². The van der Waals surface area contributed by atoms with Gasteiger partial charge in [0.2, 0.25) is 0 Å². The van der Waals surface area contributed by atoms with Crippen LogP contribution < -0.4 is 5.32 Å². The van der Waals surface area contributed by atoms with Crippen molar-refractivity contribution < 1.29 is 9.90 Å². The third-order valence-corrected chi connectivity index (χ3v) is 3.30. The summed E-state index contributed by atoms with van der Waals surface area (Å²) in [6.07, 6.45) is 7.66. The van der Waals surface area contributed by atoms with Gasteiger partial charge in [0, 0.05) is 12.2 Å². The second-order valence-corrected chi connectivity index (χ2v) is 5.25. The lowest BCUT2D eigenvalue weighted by molar-refractivity contribution is 0.0698. The number of aromatic carboxylic acids is 1. The number of hydrogen-bond acceptors (Lipinski definition) is 2. The lowest BCUT2D eigenvalue weighted by atomic mass is 10.1. The monoisotopic (exact) mass is 287 g/mol. The maximum atomic E-state index is 11.1. The smallest absolute Gasteiger partial charge is 0.337 e.